The number of halogens is 1. The molecule has 1 saturated heterocycles. The van der Waals surface area contributed by atoms with E-state index in [0.717, 1.165) is 22.9 Å². The SMILES string of the molecule is O=C(O)CCN(Cc1cccc(Br)c1)C(=O)C1CCCOC1. The summed E-state index contributed by atoms with van der Waals surface area (Å²) in [5.41, 5.74) is 0.977. The number of carboxylic acids is 1. The summed E-state index contributed by atoms with van der Waals surface area (Å²) in [6, 6.07) is 7.70. The third-order valence-corrected chi connectivity index (χ3v) is 4.17. The Labute approximate surface area is 138 Å². The lowest BCUT2D eigenvalue weighted by Crippen LogP contribution is -2.40. The zero-order valence-corrected chi connectivity index (χ0v) is 13.9. The molecule has 1 aliphatic rings. The fourth-order valence-electron chi connectivity index (χ4n) is 2.55. The van der Waals surface area contributed by atoms with Crippen molar-refractivity contribution in [3.63, 3.8) is 0 Å². The molecule has 22 heavy (non-hydrogen) atoms. The fourth-order valence-corrected chi connectivity index (χ4v) is 2.99. The van der Waals surface area contributed by atoms with Gasteiger partial charge in [-0.2, -0.15) is 0 Å². The molecule has 1 unspecified atom stereocenters. The summed E-state index contributed by atoms with van der Waals surface area (Å²) in [6.45, 7) is 1.77. The van der Waals surface area contributed by atoms with Gasteiger partial charge in [0, 0.05) is 24.2 Å². The van der Waals surface area contributed by atoms with Crippen LogP contribution < -0.4 is 0 Å². The van der Waals surface area contributed by atoms with Crippen molar-refractivity contribution in [1.82, 2.24) is 4.90 Å². The Morgan fingerprint density at radius 1 is 1.41 bits per heavy atom. The number of rotatable bonds is 6. The Morgan fingerprint density at radius 2 is 2.23 bits per heavy atom. The van der Waals surface area contributed by atoms with Crippen LogP contribution in [-0.2, 0) is 20.9 Å². The van der Waals surface area contributed by atoms with E-state index in [1.165, 1.54) is 0 Å². The van der Waals surface area contributed by atoms with Crippen molar-refractivity contribution in [3.05, 3.63) is 34.3 Å². The lowest BCUT2D eigenvalue weighted by Gasteiger charge is -2.29. The zero-order valence-electron chi connectivity index (χ0n) is 12.3. The number of carbonyl (C=O) groups excluding carboxylic acids is 1. The van der Waals surface area contributed by atoms with Crippen LogP contribution in [0.2, 0.25) is 0 Å². The van der Waals surface area contributed by atoms with E-state index in [0.29, 0.717) is 19.8 Å². The van der Waals surface area contributed by atoms with Crippen molar-refractivity contribution >= 4 is 27.8 Å². The van der Waals surface area contributed by atoms with Crippen molar-refractivity contribution in [2.24, 2.45) is 5.92 Å². The van der Waals surface area contributed by atoms with Crippen molar-refractivity contribution in [2.75, 3.05) is 19.8 Å². The Hall–Kier alpha value is -1.40. The maximum absolute atomic E-state index is 12.6. The number of benzene rings is 1. The smallest absolute Gasteiger partial charge is 0.305 e. The number of amides is 1. The van der Waals surface area contributed by atoms with Gasteiger partial charge in [0.25, 0.3) is 0 Å². The van der Waals surface area contributed by atoms with E-state index in [-0.39, 0.29) is 24.8 Å². The Morgan fingerprint density at radius 3 is 2.86 bits per heavy atom. The highest BCUT2D eigenvalue weighted by molar-refractivity contribution is 9.10. The van der Waals surface area contributed by atoms with Gasteiger partial charge in [0.05, 0.1) is 18.9 Å². The average molecular weight is 370 g/mol. The van der Waals surface area contributed by atoms with Crippen LogP contribution in [0.3, 0.4) is 0 Å². The first-order valence-electron chi connectivity index (χ1n) is 7.39. The van der Waals surface area contributed by atoms with E-state index in [2.05, 4.69) is 15.9 Å². The molecule has 1 atom stereocenters. The van der Waals surface area contributed by atoms with Crippen molar-refractivity contribution in [1.29, 1.82) is 0 Å². The van der Waals surface area contributed by atoms with Crippen LogP contribution in [0.15, 0.2) is 28.7 Å². The van der Waals surface area contributed by atoms with Crippen LogP contribution >= 0.6 is 15.9 Å². The van der Waals surface area contributed by atoms with Crippen LogP contribution in [0.1, 0.15) is 24.8 Å². The summed E-state index contributed by atoms with van der Waals surface area (Å²) >= 11 is 3.41. The first-order valence-corrected chi connectivity index (χ1v) is 8.18. The molecule has 0 bridgehead atoms. The molecule has 1 amide bonds. The maximum atomic E-state index is 12.6. The highest BCUT2D eigenvalue weighted by Crippen LogP contribution is 2.19. The minimum Gasteiger partial charge on any atom is -0.481 e. The monoisotopic (exact) mass is 369 g/mol. The van der Waals surface area contributed by atoms with E-state index in [9.17, 15) is 9.59 Å². The van der Waals surface area contributed by atoms with E-state index < -0.39 is 5.97 Å². The molecule has 0 aromatic heterocycles. The second-order valence-corrected chi connectivity index (χ2v) is 6.36. The van der Waals surface area contributed by atoms with Gasteiger partial charge >= 0.3 is 5.97 Å². The molecule has 1 aliphatic heterocycles. The van der Waals surface area contributed by atoms with Gasteiger partial charge in [-0.3, -0.25) is 9.59 Å². The highest BCUT2D eigenvalue weighted by atomic mass is 79.9. The normalized spacial score (nSPS) is 18.0. The summed E-state index contributed by atoms with van der Waals surface area (Å²) in [5, 5.41) is 8.89. The molecule has 1 aromatic rings. The Balaban J connectivity index is 2.07. The zero-order chi connectivity index (χ0) is 15.9. The summed E-state index contributed by atoms with van der Waals surface area (Å²) in [5.74, 6) is -1.07. The molecule has 1 aromatic carbocycles. The third-order valence-electron chi connectivity index (χ3n) is 3.68. The van der Waals surface area contributed by atoms with Gasteiger partial charge in [-0.05, 0) is 30.5 Å². The molecule has 2 rings (SSSR count). The van der Waals surface area contributed by atoms with Gasteiger partial charge in [-0.1, -0.05) is 28.1 Å². The third kappa shape index (κ3) is 5.10. The van der Waals surface area contributed by atoms with E-state index in [1.54, 1.807) is 4.90 Å². The predicted molar refractivity (Wildman–Crippen MR) is 85.4 cm³/mol. The number of hydrogen-bond acceptors (Lipinski definition) is 3. The summed E-state index contributed by atoms with van der Waals surface area (Å²) in [6.07, 6.45) is 1.63. The second kappa shape index (κ2) is 8.29. The Bertz CT molecular complexity index is 529. The fraction of sp³-hybridized carbons (Fsp3) is 0.500. The van der Waals surface area contributed by atoms with Gasteiger partial charge in [-0.15, -0.1) is 0 Å². The topological polar surface area (TPSA) is 66.8 Å². The number of carboxylic acid groups (broad SMARTS) is 1. The van der Waals surface area contributed by atoms with Crippen molar-refractivity contribution < 1.29 is 19.4 Å². The molecule has 6 heteroatoms. The van der Waals surface area contributed by atoms with E-state index in [1.807, 2.05) is 24.3 Å². The molecular weight excluding hydrogens is 350 g/mol. The minimum absolute atomic E-state index is 0.0130. The van der Waals surface area contributed by atoms with Gasteiger partial charge in [-0.25, -0.2) is 0 Å². The van der Waals surface area contributed by atoms with Crippen LogP contribution in [0.5, 0.6) is 0 Å². The van der Waals surface area contributed by atoms with Crippen molar-refractivity contribution in [3.8, 4) is 0 Å². The molecule has 0 radical (unpaired) electrons. The second-order valence-electron chi connectivity index (χ2n) is 5.45. The molecule has 1 heterocycles. The average Bonchev–Trinajstić information content (AvgIpc) is 2.51. The van der Waals surface area contributed by atoms with Gasteiger partial charge < -0.3 is 14.7 Å². The standard InChI is InChI=1S/C16H20BrNO4/c17-14-5-1-3-12(9-14)10-18(7-6-15(19)20)16(21)13-4-2-8-22-11-13/h1,3,5,9,13H,2,4,6-8,10-11H2,(H,19,20). The molecule has 120 valence electrons. The summed E-state index contributed by atoms with van der Waals surface area (Å²) in [4.78, 5) is 25.1. The van der Waals surface area contributed by atoms with E-state index in [4.69, 9.17) is 9.84 Å². The number of hydrogen-bond donors (Lipinski definition) is 1. The molecule has 5 nitrogen and oxygen atoms in total. The van der Waals surface area contributed by atoms with Gasteiger partial charge in [0.2, 0.25) is 5.91 Å². The van der Waals surface area contributed by atoms with Crippen LogP contribution in [0.25, 0.3) is 0 Å². The predicted octanol–water partition coefficient (Wildman–Crippen LogP) is 2.68. The maximum Gasteiger partial charge on any atom is 0.305 e. The number of aliphatic carboxylic acids is 1. The highest BCUT2D eigenvalue weighted by Gasteiger charge is 2.27. The lowest BCUT2D eigenvalue weighted by molar-refractivity contribution is -0.142. The van der Waals surface area contributed by atoms with Gasteiger partial charge in [0.15, 0.2) is 0 Å². The first kappa shape index (κ1) is 17.0. The quantitative estimate of drug-likeness (QED) is 0.836. The molecule has 1 N–H and O–H groups in total. The van der Waals surface area contributed by atoms with Crippen LogP contribution in [0, 0.1) is 5.92 Å². The van der Waals surface area contributed by atoms with Crippen molar-refractivity contribution in [2.45, 2.75) is 25.8 Å². The van der Waals surface area contributed by atoms with E-state index >= 15 is 0 Å². The number of ether oxygens (including phenoxy) is 1. The number of nitrogens with zero attached hydrogens (tertiary/aromatic N) is 1. The summed E-state index contributed by atoms with van der Waals surface area (Å²) < 4.78 is 6.32. The van der Waals surface area contributed by atoms with Crippen LogP contribution in [-0.4, -0.2) is 41.6 Å². The molecule has 1 fully saturated rings. The molecule has 0 aliphatic carbocycles. The minimum atomic E-state index is -0.896. The molecule has 0 saturated carbocycles. The molecule has 0 spiro atoms. The first-order chi connectivity index (χ1) is 10.6. The van der Waals surface area contributed by atoms with Gasteiger partial charge in [0.1, 0.15) is 0 Å². The van der Waals surface area contributed by atoms with Crippen LogP contribution in [0.4, 0.5) is 0 Å². The largest absolute Gasteiger partial charge is 0.481 e. The lowest BCUT2D eigenvalue weighted by atomic mass is 10.00. The number of carbonyl (C=O) groups is 2. The Kier molecular flexibility index (Phi) is 6.39. The summed E-state index contributed by atoms with van der Waals surface area (Å²) in [7, 11) is 0. The molecular formula is C16H20BrNO4.